The van der Waals surface area contributed by atoms with Crippen molar-refractivity contribution in [2.75, 3.05) is 20.2 Å². The fraction of sp³-hybridized carbons (Fsp3) is 0.684. The van der Waals surface area contributed by atoms with E-state index >= 15 is 0 Å². The summed E-state index contributed by atoms with van der Waals surface area (Å²) < 4.78 is 5.72. The van der Waals surface area contributed by atoms with Gasteiger partial charge in [0.15, 0.2) is 0 Å². The first-order chi connectivity index (χ1) is 10.3. The van der Waals surface area contributed by atoms with Gasteiger partial charge >= 0.3 is 0 Å². The molecule has 1 aromatic rings. The molecule has 2 nitrogen and oxygen atoms in total. The van der Waals surface area contributed by atoms with Crippen LogP contribution in [0.1, 0.15) is 62.0 Å². The fourth-order valence-corrected chi connectivity index (χ4v) is 3.84. The second-order valence-electron chi connectivity index (χ2n) is 6.91. The zero-order valence-electron chi connectivity index (χ0n) is 13.4. The molecule has 0 aromatic heterocycles. The van der Waals surface area contributed by atoms with Crippen LogP contribution < -0.4 is 0 Å². The number of hydrogen-bond donors (Lipinski definition) is 0. The number of hydrogen-bond acceptors (Lipinski definition) is 2. The molecule has 1 heterocycles. The van der Waals surface area contributed by atoms with Gasteiger partial charge in [0.25, 0.3) is 0 Å². The first kappa shape index (κ1) is 15.1. The normalized spacial score (nSPS) is 23.8. The van der Waals surface area contributed by atoms with Crippen molar-refractivity contribution >= 4 is 0 Å². The van der Waals surface area contributed by atoms with Gasteiger partial charge in [-0.25, -0.2) is 0 Å². The Labute approximate surface area is 129 Å². The predicted octanol–water partition coefficient (Wildman–Crippen LogP) is 4.35. The van der Waals surface area contributed by atoms with E-state index in [0.717, 1.165) is 25.6 Å². The molecule has 0 spiro atoms. The zero-order valence-corrected chi connectivity index (χ0v) is 13.4. The van der Waals surface area contributed by atoms with Gasteiger partial charge in [0, 0.05) is 19.7 Å². The molecule has 1 aliphatic carbocycles. The quantitative estimate of drug-likeness (QED) is 0.798. The summed E-state index contributed by atoms with van der Waals surface area (Å²) in [6.45, 7) is 3.05. The largest absolute Gasteiger partial charge is 0.377 e. The van der Waals surface area contributed by atoms with Crippen LogP contribution in [-0.4, -0.2) is 31.2 Å². The smallest absolute Gasteiger partial charge is 0.0702 e. The third-order valence-corrected chi connectivity index (χ3v) is 5.05. The summed E-state index contributed by atoms with van der Waals surface area (Å²) in [5.74, 6) is 0.817. The van der Waals surface area contributed by atoms with E-state index in [9.17, 15) is 0 Å². The Hall–Kier alpha value is -0.860. The summed E-state index contributed by atoms with van der Waals surface area (Å²) in [5.41, 5.74) is 2.98. The van der Waals surface area contributed by atoms with Crippen LogP contribution in [0.4, 0.5) is 0 Å². The second kappa shape index (κ2) is 7.42. The van der Waals surface area contributed by atoms with Gasteiger partial charge in [0.05, 0.1) is 6.10 Å². The highest BCUT2D eigenvalue weighted by molar-refractivity contribution is 5.25. The van der Waals surface area contributed by atoms with Crippen LogP contribution in [-0.2, 0) is 11.3 Å². The van der Waals surface area contributed by atoms with Gasteiger partial charge < -0.3 is 4.74 Å². The molecule has 0 bridgehead atoms. The Morgan fingerprint density at radius 1 is 1.00 bits per heavy atom. The molecule has 2 fully saturated rings. The number of benzene rings is 1. The molecule has 1 saturated carbocycles. The van der Waals surface area contributed by atoms with Gasteiger partial charge in [0.1, 0.15) is 0 Å². The summed E-state index contributed by atoms with van der Waals surface area (Å²) in [4.78, 5) is 2.39. The molecule has 116 valence electrons. The molecule has 0 N–H and O–H groups in total. The van der Waals surface area contributed by atoms with Crippen molar-refractivity contribution < 1.29 is 4.74 Å². The van der Waals surface area contributed by atoms with Crippen LogP contribution >= 0.6 is 0 Å². The Morgan fingerprint density at radius 2 is 1.76 bits per heavy atom. The number of likely N-dealkylation sites (N-methyl/N-ethyl adjacent to an activating group) is 1. The molecule has 0 radical (unpaired) electrons. The van der Waals surface area contributed by atoms with Gasteiger partial charge in [0.2, 0.25) is 0 Å². The van der Waals surface area contributed by atoms with Crippen LogP contribution in [0.5, 0.6) is 0 Å². The van der Waals surface area contributed by atoms with Gasteiger partial charge in [-0.2, -0.15) is 0 Å². The summed E-state index contributed by atoms with van der Waals surface area (Å²) >= 11 is 0. The Morgan fingerprint density at radius 3 is 2.43 bits per heavy atom. The molecule has 1 atom stereocenters. The summed E-state index contributed by atoms with van der Waals surface area (Å²) in [6, 6.07) is 9.39. The lowest BCUT2D eigenvalue weighted by Crippen LogP contribution is -2.28. The van der Waals surface area contributed by atoms with Crippen molar-refractivity contribution in [2.24, 2.45) is 0 Å². The van der Waals surface area contributed by atoms with Crippen molar-refractivity contribution in [1.29, 1.82) is 0 Å². The minimum absolute atomic E-state index is 0.455. The van der Waals surface area contributed by atoms with Crippen LogP contribution in [0, 0.1) is 0 Å². The average molecular weight is 287 g/mol. The first-order valence-electron chi connectivity index (χ1n) is 8.70. The molecule has 2 heteroatoms. The molecule has 0 amide bonds. The highest BCUT2D eigenvalue weighted by atomic mass is 16.5. The minimum atomic E-state index is 0.455. The maximum absolute atomic E-state index is 5.72. The number of nitrogens with zero attached hydrogens (tertiary/aromatic N) is 1. The maximum atomic E-state index is 5.72. The third kappa shape index (κ3) is 4.31. The van der Waals surface area contributed by atoms with Crippen molar-refractivity contribution in [3.8, 4) is 0 Å². The lowest BCUT2D eigenvalue weighted by Gasteiger charge is -2.23. The van der Waals surface area contributed by atoms with Crippen LogP contribution in [0.2, 0.25) is 0 Å². The Kier molecular flexibility index (Phi) is 5.32. The van der Waals surface area contributed by atoms with Gasteiger partial charge in [-0.3, -0.25) is 4.90 Å². The lowest BCUT2D eigenvalue weighted by atomic mass is 9.84. The fourth-order valence-electron chi connectivity index (χ4n) is 3.84. The highest BCUT2D eigenvalue weighted by Gasteiger charge is 2.18. The van der Waals surface area contributed by atoms with E-state index < -0.39 is 0 Å². The lowest BCUT2D eigenvalue weighted by molar-refractivity contribution is 0.0793. The Balaban J connectivity index is 1.51. The molecule has 1 aromatic carbocycles. The number of rotatable bonds is 5. The van der Waals surface area contributed by atoms with Gasteiger partial charge in [-0.15, -0.1) is 0 Å². The molecule has 2 aliphatic rings. The van der Waals surface area contributed by atoms with Gasteiger partial charge in [-0.1, -0.05) is 43.5 Å². The standard InChI is InChI=1S/C19H29NO/c1-20(15-19-8-5-13-21-19)14-16-9-11-18(12-10-16)17-6-3-2-4-7-17/h9-12,17,19H,2-8,13-15H2,1H3. The van der Waals surface area contributed by atoms with E-state index in [2.05, 4.69) is 36.2 Å². The molecule has 1 saturated heterocycles. The van der Waals surface area contributed by atoms with E-state index in [0.29, 0.717) is 6.10 Å². The van der Waals surface area contributed by atoms with Gasteiger partial charge in [-0.05, 0) is 49.8 Å². The summed E-state index contributed by atoms with van der Waals surface area (Å²) in [5, 5.41) is 0. The van der Waals surface area contributed by atoms with E-state index in [-0.39, 0.29) is 0 Å². The van der Waals surface area contributed by atoms with E-state index in [1.54, 1.807) is 5.56 Å². The molecular formula is C19H29NO. The van der Waals surface area contributed by atoms with Crippen molar-refractivity contribution in [3.63, 3.8) is 0 Å². The van der Waals surface area contributed by atoms with Crippen LogP contribution in [0.15, 0.2) is 24.3 Å². The highest BCUT2D eigenvalue weighted by Crippen LogP contribution is 2.32. The summed E-state index contributed by atoms with van der Waals surface area (Å²) in [7, 11) is 2.21. The van der Waals surface area contributed by atoms with Crippen LogP contribution in [0.3, 0.4) is 0 Å². The molecular weight excluding hydrogens is 258 g/mol. The van der Waals surface area contributed by atoms with Crippen molar-refractivity contribution in [2.45, 2.75) is 63.5 Å². The predicted molar refractivity (Wildman–Crippen MR) is 87.6 cm³/mol. The van der Waals surface area contributed by atoms with Crippen LogP contribution in [0.25, 0.3) is 0 Å². The molecule has 21 heavy (non-hydrogen) atoms. The van der Waals surface area contributed by atoms with E-state index in [1.807, 2.05) is 0 Å². The minimum Gasteiger partial charge on any atom is -0.377 e. The molecule has 3 rings (SSSR count). The first-order valence-corrected chi connectivity index (χ1v) is 8.70. The third-order valence-electron chi connectivity index (χ3n) is 5.05. The zero-order chi connectivity index (χ0) is 14.5. The molecule has 1 unspecified atom stereocenters. The second-order valence-corrected chi connectivity index (χ2v) is 6.91. The SMILES string of the molecule is CN(Cc1ccc(C2CCCCC2)cc1)CC1CCCO1. The van der Waals surface area contributed by atoms with E-state index in [4.69, 9.17) is 4.74 Å². The number of ether oxygens (including phenoxy) is 1. The topological polar surface area (TPSA) is 12.5 Å². The maximum Gasteiger partial charge on any atom is 0.0702 e. The summed E-state index contributed by atoms with van der Waals surface area (Å²) in [6.07, 6.45) is 9.95. The van der Waals surface area contributed by atoms with Crippen molar-refractivity contribution in [1.82, 2.24) is 4.90 Å². The average Bonchev–Trinajstić information content (AvgIpc) is 3.02. The Bertz CT molecular complexity index is 416. The van der Waals surface area contributed by atoms with E-state index in [1.165, 1.54) is 50.5 Å². The monoisotopic (exact) mass is 287 g/mol. The van der Waals surface area contributed by atoms with Crippen molar-refractivity contribution in [3.05, 3.63) is 35.4 Å². The molecule has 1 aliphatic heterocycles.